The van der Waals surface area contributed by atoms with Crippen molar-refractivity contribution in [1.82, 2.24) is 5.43 Å². The molecule has 4 rings (SSSR count). The Morgan fingerprint density at radius 2 is 1.70 bits per heavy atom. The van der Waals surface area contributed by atoms with Gasteiger partial charge in [-0.05, 0) is 28.5 Å². The molecular formula is C20H16N2O. The zero-order chi connectivity index (χ0) is 15.6. The third kappa shape index (κ3) is 2.53. The summed E-state index contributed by atoms with van der Waals surface area (Å²) in [5.74, 6) is 0.786. The van der Waals surface area contributed by atoms with Crippen LogP contribution < -0.4 is 10.6 Å². The topological polar surface area (TPSA) is 24.5 Å². The fraction of sp³-hybridized carbons (Fsp3) is 0. The van der Waals surface area contributed by atoms with Gasteiger partial charge in [0.1, 0.15) is 0 Å². The van der Waals surface area contributed by atoms with E-state index in [4.69, 9.17) is 4.84 Å². The minimum atomic E-state index is 0.786. The van der Waals surface area contributed by atoms with E-state index in [9.17, 15) is 0 Å². The Morgan fingerprint density at radius 3 is 2.48 bits per heavy atom. The van der Waals surface area contributed by atoms with E-state index in [0.717, 1.165) is 22.6 Å². The molecule has 1 aliphatic heterocycles. The highest BCUT2D eigenvalue weighted by Gasteiger charge is 2.17. The Labute approximate surface area is 135 Å². The highest BCUT2D eigenvalue weighted by molar-refractivity contribution is 5.85. The van der Waals surface area contributed by atoms with Crippen molar-refractivity contribution in [2.75, 3.05) is 5.17 Å². The molecule has 3 heteroatoms. The Hall–Kier alpha value is -3.20. The Balaban J connectivity index is 1.56. The first kappa shape index (κ1) is 13.5. The van der Waals surface area contributed by atoms with Gasteiger partial charge in [-0.1, -0.05) is 67.3 Å². The van der Waals surface area contributed by atoms with Gasteiger partial charge in [-0.2, -0.15) is 0 Å². The van der Waals surface area contributed by atoms with Gasteiger partial charge in [0.05, 0.1) is 11.9 Å². The summed E-state index contributed by atoms with van der Waals surface area (Å²) in [7, 11) is 0. The minimum Gasteiger partial charge on any atom is -0.357 e. The zero-order valence-corrected chi connectivity index (χ0v) is 12.6. The molecule has 0 atom stereocenters. The molecule has 1 N–H and O–H groups in total. The van der Waals surface area contributed by atoms with Crippen LogP contribution in [0.4, 0.5) is 5.69 Å². The molecule has 3 aromatic rings. The fourth-order valence-electron chi connectivity index (χ4n) is 2.62. The molecule has 1 aliphatic rings. The zero-order valence-electron chi connectivity index (χ0n) is 12.6. The Bertz CT molecular complexity index is 897. The molecule has 112 valence electrons. The maximum Gasteiger partial charge on any atom is 0.182 e. The molecule has 0 aromatic heterocycles. The van der Waals surface area contributed by atoms with Crippen LogP contribution in [0.15, 0.2) is 79.5 Å². The van der Waals surface area contributed by atoms with Gasteiger partial charge in [-0.25, -0.2) is 0 Å². The summed E-state index contributed by atoms with van der Waals surface area (Å²) < 4.78 is 0. The van der Waals surface area contributed by atoms with Crippen LogP contribution in [0.25, 0.3) is 22.6 Å². The van der Waals surface area contributed by atoms with E-state index in [1.807, 2.05) is 54.7 Å². The molecule has 0 fully saturated rings. The predicted molar refractivity (Wildman–Crippen MR) is 95.2 cm³/mol. The molecule has 0 unspecified atom stereocenters. The van der Waals surface area contributed by atoms with Gasteiger partial charge in [0.2, 0.25) is 0 Å². The summed E-state index contributed by atoms with van der Waals surface area (Å²) in [4.78, 5) is 5.91. The van der Waals surface area contributed by atoms with Crippen LogP contribution in [0.2, 0.25) is 0 Å². The van der Waals surface area contributed by atoms with Gasteiger partial charge < -0.3 is 4.84 Å². The van der Waals surface area contributed by atoms with E-state index >= 15 is 0 Å². The number of fused-ring (bicyclic) bond motifs is 1. The highest BCUT2D eigenvalue weighted by atomic mass is 16.7. The number of hydrogen-bond acceptors (Lipinski definition) is 3. The van der Waals surface area contributed by atoms with Crippen molar-refractivity contribution < 1.29 is 4.84 Å². The number of benzene rings is 3. The van der Waals surface area contributed by atoms with Gasteiger partial charge in [0.15, 0.2) is 5.76 Å². The second kappa shape index (κ2) is 5.54. The van der Waals surface area contributed by atoms with E-state index in [0.29, 0.717) is 0 Å². The van der Waals surface area contributed by atoms with Gasteiger partial charge in [-0.15, -0.1) is 5.17 Å². The van der Waals surface area contributed by atoms with Crippen LogP contribution >= 0.6 is 0 Å². The molecular weight excluding hydrogens is 284 g/mol. The number of hydrazine groups is 1. The average molecular weight is 300 g/mol. The van der Waals surface area contributed by atoms with E-state index in [-0.39, 0.29) is 0 Å². The Morgan fingerprint density at radius 1 is 0.913 bits per heavy atom. The third-order valence-electron chi connectivity index (χ3n) is 3.90. The molecule has 0 amide bonds. The van der Waals surface area contributed by atoms with Crippen molar-refractivity contribution in [1.29, 1.82) is 0 Å². The number of hydrogen-bond donors (Lipinski definition) is 1. The molecule has 23 heavy (non-hydrogen) atoms. The van der Waals surface area contributed by atoms with Crippen LogP contribution in [0.5, 0.6) is 0 Å². The van der Waals surface area contributed by atoms with Crippen LogP contribution in [-0.2, 0) is 4.84 Å². The number of anilines is 1. The Kier molecular flexibility index (Phi) is 3.24. The summed E-state index contributed by atoms with van der Waals surface area (Å²) in [5.41, 5.74) is 6.21. The van der Waals surface area contributed by atoms with E-state index < -0.39 is 0 Å². The van der Waals surface area contributed by atoms with Crippen molar-refractivity contribution in [3.8, 4) is 0 Å². The summed E-state index contributed by atoms with van der Waals surface area (Å²) in [6.07, 6.45) is 3.69. The molecule has 0 spiro atoms. The van der Waals surface area contributed by atoms with E-state index in [1.54, 1.807) is 5.17 Å². The largest absolute Gasteiger partial charge is 0.357 e. The SMILES string of the molecule is C=Cc1ccc(C2=CNN(c3ccc4ccccc4c3)O2)cc1. The number of rotatable bonds is 3. The van der Waals surface area contributed by atoms with Gasteiger partial charge >= 0.3 is 0 Å². The maximum atomic E-state index is 5.91. The molecule has 0 bridgehead atoms. The normalized spacial score (nSPS) is 13.4. The van der Waals surface area contributed by atoms with Crippen molar-refractivity contribution in [3.63, 3.8) is 0 Å². The average Bonchev–Trinajstić information content (AvgIpc) is 3.11. The molecule has 3 aromatic carbocycles. The second-order valence-corrected chi connectivity index (χ2v) is 5.38. The second-order valence-electron chi connectivity index (χ2n) is 5.38. The standard InChI is InChI=1S/C20H16N2O/c1-2-15-7-9-17(10-8-15)20-14-21-22(23-20)19-12-11-16-5-3-4-6-18(16)13-19/h2-14,21H,1H2. The summed E-state index contributed by atoms with van der Waals surface area (Å²) in [5, 5.41) is 4.06. The molecule has 3 nitrogen and oxygen atoms in total. The lowest BCUT2D eigenvalue weighted by Gasteiger charge is -2.18. The van der Waals surface area contributed by atoms with Crippen molar-refractivity contribution >= 4 is 28.3 Å². The van der Waals surface area contributed by atoms with Crippen molar-refractivity contribution in [2.24, 2.45) is 0 Å². The maximum absolute atomic E-state index is 5.91. The van der Waals surface area contributed by atoms with E-state index in [2.05, 4.69) is 36.3 Å². The molecule has 0 saturated heterocycles. The molecule has 0 radical (unpaired) electrons. The summed E-state index contributed by atoms with van der Waals surface area (Å²) in [6.45, 7) is 3.77. The van der Waals surface area contributed by atoms with Gasteiger partial charge in [-0.3, -0.25) is 5.43 Å². The molecule has 0 aliphatic carbocycles. The lowest BCUT2D eigenvalue weighted by Crippen LogP contribution is -2.28. The van der Waals surface area contributed by atoms with Crippen LogP contribution in [0.1, 0.15) is 11.1 Å². The minimum absolute atomic E-state index is 0.786. The highest BCUT2D eigenvalue weighted by Crippen LogP contribution is 2.27. The van der Waals surface area contributed by atoms with Crippen LogP contribution in [-0.4, -0.2) is 0 Å². The predicted octanol–water partition coefficient (Wildman–Crippen LogP) is 4.74. The smallest absolute Gasteiger partial charge is 0.182 e. The number of nitrogens with one attached hydrogen (secondary N) is 1. The quantitative estimate of drug-likeness (QED) is 0.756. The monoisotopic (exact) mass is 300 g/mol. The summed E-state index contributed by atoms with van der Waals surface area (Å²) >= 11 is 0. The van der Waals surface area contributed by atoms with Gasteiger partial charge in [0, 0.05) is 5.56 Å². The van der Waals surface area contributed by atoms with E-state index in [1.165, 1.54) is 10.8 Å². The molecule has 0 saturated carbocycles. The summed E-state index contributed by atoms with van der Waals surface area (Å²) in [6, 6.07) is 22.6. The first-order valence-corrected chi connectivity index (χ1v) is 7.49. The lowest BCUT2D eigenvalue weighted by molar-refractivity contribution is 0.244. The first-order chi connectivity index (χ1) is 11.3. The first-order valence-electron chi connectivity index (χ1n) is 7.49. The van der Waals surface area contributed by atoms with Gasteiger partial charge in [0.25, 0.3) is 0 Å². The lowest BCUT2D eigenvalue weighted by atomic mass is 10.1. The fourth-order valence-corrected chi connectivity index (χ4v) is 2.62. The van der Waals surface area contributed by atoms with Crippen LogP contribution in [0.3, 0.4) is 0 Å². The molecule has 1 heterocycles. The van der Waals surface area contributed by atoms with Crippen molar-refractivity contribution in [2.45, 2.75) is 0 Å². The van der Waals surface area contributed by atoms with Crippen LogP contribution in [0, 0.1) is 0 Å². The third-order valence-corrected chi connectivity index (χ3v) is 3.90. The number of nitrogens with zero attached hydrogens (tertiary/aromatic N) is 1. The van der Waals surface area contributed by atoms with Crippen molar-refractivity contribution in [3.05, 3.63) is 90.6 Å².